The summed E-state index contributed by atoms with van der Waals surface area (Å²) < 4.78 is 0. The highest BCUT2D eigenvalue weighted by atomic mass is 16.4. The average molecular weight is 233 g/mol. The number of aryl methyl sites for hydroxylation is 2. The zero-order valence-electron chi connectivity index (χ0n) is 10.6. The lowest BCUT2D eigenvalue weighted by Gasteiger charge is -2.28. The minimum Gasteiger partial charge on any atom is -0.480 e. The van der Waals surface area contributed by atoms with E-state index in [1.54, 1.807) is 13.0 Å². The SMILES string of the molecule is C=CCNC(C)(C(=O)O)c1ccc(C)cc1C. The van der Waals surface area contributed by atoms with Crippen LogP contribution in [0.5, 0.6) is 0 Å². The van der Waals surface area contributed by atoms with Gasteiger partial charge in [0.1, 0.15) is 5.54 Å². The summed E-state index contributed by atoms with van der Waals surface area (Å²) in [4.78, 5) is 11.5. The third kappa shape index (κ3) is 2.74. The Bertz CT molecular complexity index is 440. The summed E-state index contributed by atoms with van der Waals surface area (Å²) in [5.41, 5.74) is 1.82. The Morgan fingerprint density at radius 3 is 2.65 bits per heavy atom. The number of benzene rings is 1. The summed E-state index contributed by atoms with van der Waals surface area (Å²) in [6.45, 7) is 9.65. The maximum absolute atomic E-state index is 11.5. The van der Waals surface area contributed by atoms with Gasteiger partial charge in [0, 0.05) is 6.54 Å². The first kappa shape index (κ1) is 13.5. The summed E-state index contributed by atoms with van der Waals surface area (Å²) in [6, 6.07) is 5.79. The molecule has 3 heteroatoms. The molecule has 0 saturated carbocycles. The number of nitrogens with one attached hydrogen (secondary N) is 1. The normalized spacial score (nSPS) is 14.1. The minimum absolute atomic E-state index is 0.454. The van der Waals surface area contributed by atoms with Crippen LogP contribution in [0.3, 0.4) is 0 Å². The lowest BCUT2D eigenvalue weighted by Crippen LogP contribution is -2.47. The fourth-order valence-corrected chi connectivity index (χ4v) is 1.94. The van der Waals surface area contributed by atoms with Crippen LogP contribution in [0.1, 0.15) is 23.6 Å². The van der Waals surface area contributed by atoms with Crippen molar-refractivity contribution < 1.29 is 9.90 Å². The van der Waals surface area contributed by atoms with E-state index in [0.29, 0.717) is 6.54 Å². The molecule has 1 aromatic carbocycles. The van der Waals surface area contributed by atoms with E-state index < -0.39 is 11.5 Å². The van der Waals surface area contributed by atoms with E-state index in [9.17, 15) is 9.90 Å². The second-order valence-corrected chi connectivity index (χ2v) is 4.42. The van der Waals surface area contributed by atoms with Gasteiger partial charge in [0.25, 0.3) is 0 Å². The maximum Gasteiger partial charge on any atom is 0.328 e. The Morgan fingerprint density at radius 1 is 1.53 bits per heavy atom. The molecule has 1 unspecified atom stereocenters. The van der Waals surface area contributed by atoms with Crippen molar-refractivity contribution in [2.24, 2.45) is 0 Å². The summed E-state index contributed by atoms with van der Waals surface area (Å²) in [7, 11) is 0. The Kier molecular flexibility index (Phi) is 4.07. The van der Waals surface area contributed by atoms with Crippen LogP contribution in [0.25, 0.3) is 0 Å². The van der Waals surface area contributed by atoms with E-state index in [0.717, 1.165) is 16.7 Å². The van der Waals surface area contributed by atoms with Crippen molar-refractivity contribution in [1.29, 1.82) is 0 Å². The van der Waals surface area contributed by atoms with Gasteiger partial charge in [-0.2, -0.15) is 0 Å². The molecule has 0 bridgehead atoms. The lowest BCUT2D eigenvalue weighted by molar-refractivity contribution is -0.144. The second kappa shape index (κ2) is 5.15. The Labute approximate surface area is 102 Å². The average Bonchev–Trinajstić information content (AvgIpc) is 2.25. The number of hydrogen-bond donors (Lipinski definition) is 2. The molecule has 0 saturated heterocycles. The molecule has 0 aliphatic carbocycles. The predicted octanol–water partition coefficient (Wildman–Crippen LogP) is 2.38. The van der Waals surface area contributed by atoms with Gasteiger partial charge in [0.2, 0.25) is 0 Å². The number of carboxylic acid groups (broad SMARTS) is 1. The van der Waals surface area contributed by atoms with Gasteiger partial charge in [0.05, 0.1) is 0 Å². The number of aliphatic carboxylic acids is 1. The lowest BCUT2D eigenvalue weighted by atomic mass is 9.87. The third-order valence-electron chi connectivity index (χ3n) is 2.95. The molecule has 1 aromatic rings. The molecule has 17 heavy (non-hydrogen) atoms. The van der Waals surface area contributed by atoms with Crippen molar-refractivity contribution in [2.45, 2.75) is 26.3 Å². The summed E-state index contributed by atoms with van der Waals surface area (Å²) in [5, 5.41) is 12.4. The maximum atomic E-state index is 11.5. The Morgan fingerprint density at radius 2 is 2.18 bits per heavy atom. The molecule has 0 aliphatic heterocycles. The number of carboxylic acids is 1. The highest BCUT2D eigenvalue weighted by Gasteiger charge is 2.35. The summed E-state index contributed by atoms with van der Waals surface area (Å²) >= 11 is 0. The van der Waals surface area contributed by atoms with Gasteiger partial charge in [-0.05, 0) is 31.9 Å². The van der Waals surface area contributed by atoms with E-state index in [2.05, 4.69) is 11.9 Å². The fraction of sp³-hybridized carbons (Fsp3) is 0.357. The van der Waals surface area contributed by atoms with Gasteiger partial charge in [-0.3, -0.25) is 5.32 Å². The highest BCUT2D eigenvalue weighted by Crippen LogP contribution is 2.25. The number of carbonyl (C=O) groups is 1. The molecule has 0 aliphatic rings. The first-order chi connectivity index (χ1) is 7.91. The van der Waals surface area contributed by atoms with Crippen molar-refractivity contribution in [2.75, 3.05) is 6.54 Å². The van der Waals surface area contributed by atoms with Crippen LogP contribution >= 0.6 is 0 Å². The van der Waals surface area contributed by atoms with Crippen molar-refractivity contribution in [3.8, 4) is 0 Å². The first-order valence-corrected chi connectivity index (χ1v) is 5.59. The monoisotopic (exact) mass is 233 g/mol. The Balaban J connectivity index is 3.22. The molecule has 92 valence electrons. The van der Waals surface area contributed by atoms with Gasteiger partial charge < -0.3 is 5.11 Å². The van der Waals surface area contributed by atoms with Crippen LogP contribution in [0.4, 0.5) is 0 Å². The first-order valence-electron chi connectivity index (χ1n) is 5.59. The standard InChI is InChI=1S/C14H19NO2/c1-5-8-15-14(4,13(16)17)12-7-6-10(2)9-11(12)3/h5-7,9,15H,1,8H2,2-4H3,(H,16,17). The third-order valence-corrected chi connectivity index (χ3v) is 2.95. The molecule has 0 spiro atoms. The minimum atomic E-state index is -1.08. The predicted molar refractivity (Wildman–Crippen MR) is 69.1 cm³/mol. The van der Waals surface area contributed by atoms with Crippen molar-refractivity contribution >= 4 is 5.97 Å². The molecule has 0 fully saturated rings. The van der Waals surface area contributed by atoms with Crippen LogP contribution in [0, 0.1) is 13.8 Å². The molecule has 1 atom stereocenters. The van der Waals surface area contributed by atoms with Crippen LogP contribution < -0.4 is 5.32 Å². The van der Waals surface area contributed by atoms with E-state index in [-0.39, 0.29) is 0 Å². The van der Waals surface area contributed by atoms with Gasteiger partial charge in [-0.1, -0.05) is 29.8 Å². The molecule has 1 rings (SSSR count). The van der Waals surface area contributed by atoms with Crippen LogP contribution in [-0.2, 0) is 10.3 Å². The molecule has 3 nitrogen and oxygen atoms in total. The molecule has 0 aromatic heterocycles. The van der Waals surface area contributed by atoms with Crippen molar-refractivity contribution in [3.63, 3.8) is 0 Å². The van der Waals surface area contributed by atoms with E-state index in [1.165, 1.54) is 0 Å². The molecular weight excluding hydrogens is 214 g/mol. The van der Waals surface area contributed by atoms with E-state index in [1.807, 2.05) is 32.0 Å². The van der Waals surface area contributed by atoms with Gasteiger partial charge >= 0.3 is 5.97 Å². The quantitative estimate of drug-likeness (QED) is 0.768. The Hall–Kier alpha value is -1.61. The van der Waals surface area contributed by atoms with Gasteiger partial charge in [-0.25, -0.2) is 4.79 Å². The largest absolute Gasteiger partial charge is 0.480 e. The number of hydrogen-bond acceptors (Lipinski definition) is 2. The van der Waals surface area contributed by atoms with Crippen molar-refractivity contribution in [1.82, 2.24) is 5.32 Å². The molecule has 2 N–H and O–H groups in total. The zero-order valence-corrected chi connectivity index (χ0v) is 10.6. The van der Waals surface area contributed by atoms with Crippen LogP contribution in [0.2, 0.25) is 0 Å². The van der Waals surface area contributed by atoms with Crippen LogP contribution in [-0.4, -0.2) is 17.6 Å². The van der Waals surface area contributed by atoms with Crippen LogP contribution in [0.15, 0.2) is 30.9 Å². The fourth-order valence-electron chi connectivity index (χ4n) is 1.94. The van der Waals surface area contributed by atoms with Crippen molar-refractivity contribution in [3.05, 3.63) is 47.5 Å². The summed E-state index contributed by atoms with van der Waals surface area (Å²) in [6.07, 6.45) is 1.66. The van der Waals surface area contributed by atoms with E-state index in [4.69, 9.17) is 0 Å². The second-order valence-electron chi connectivity index (χ2n) is 4.42. The van der Waals surface area contributed by atoms with Gasteiger partial charge in [0.15, 0.2) is 0 Å². The molecule has 0 heterocycles. The smallest absolute Gasteiger partial charge is 0.328 e. The summed E-state index contributed by atoms with van der Waals surface area (Å²) in [5.74, 6) is -0.883. The number of rotatable bonds is 5. The van der Waals surface area contributed by atoms with E-state index >= 15 is 0 Å². The van der Waals surface area contributed by atoms with Gasteiger partial charge in [-0.15, -0.1) is 6.58 Å². The molecule has 0 radical (unpaired) electrons. The highest BCUT2D eigenvalue weighted by molar-refractivity contribution is 5.80. The molecular formula is C14H19NO2. The zero-order chi connectivity index (χ0) is 13.1. The molecule has 0 amide bonds. The topological polar surface area (TPSA) is 49.3 Å².